The fourth-order valence-corrected chi connectivity index (χ4v) is 3.23. The Morgan fingerprint density at radius 3 is 2.90 bits per heavy atom. The standard InChI is InChI=1S/C16H15Br2NO/c17-12-5-6-14(18)15(9-12)19-10-16-13-4-2-1-3-11(13)7-8-20-16/h1-6,9,16,19H,7-8,10H2. The summed E-state index contributed by atoms with van der Waals surface area (Å²) in [4.78, 5) is 0. The molecule has 0 aromatic heterocycles. The maximum atomic E-state index is 5.91. The summed E-state index contributed by atoms with van der Waals surface area (Å²) in [6.07, 6.45) is 1.12. The minimum Gasteiger partial charge on any atom is -0.381 e. The number of ether oxygens (including phenoxy) is 1. The van der Waals surface area contributed by atoms with Crippen LogP contribution in [0.5, 0.6) is 0 Å². The van der Waals surface area contributed by atoms with Gasteiger partial charge in [-0.25, -0.2) is 0 Å². The number of hydrogen-bond acceptors (Lipinski definition) is 2. The van der Waals surface area contributed by atoms with Crippen LogP contribution in [0, 0.1) is 0 Å². The maximum Gasteiger partial charge on any atom is 0.0999 e. The Morgan fingerprint density at radius 1 is 1.15 bits per heavy atom. The van der Waals surface area contributed by atoms with Crippen molar-refractivity contribution in [2.24, 2.45) is 0 Å². The van der Waals surface area contributed by atoms with Crippen LogP contribution in [0.4, 0.5) is 5.69 Å². The second kappa shape index (κ2) is 6.29. The van der Waals surface area contributed by atoms with Crippen molar-refractivity contribution in [1.29, 1.82) is 0 Å². The van der Waals surface area contributed by atoms with Gasteiger partial charge in [0.05, 0.1) is 12.7 Å². The maximum absolute atomic E-state index is 5.91. The molecule has 0 saturated heterocycles. The van der Waals surface area contributed by atoms with Crippen molar-refractivity contribution in [3.8, 4) is 0 Å². The molecule has 1 N–H and O–H groups in total. The molecule has 1 heterocycles. The van der Waals surface area contributed by atoms with Crippen LogP contribution in [0.25, 0.3) is 0 Å². The molecule has 3 rings (SSSR count). The molecule has 0 saturated carbocycles. The third kappa shape index (κ3) is 3.08. The molecule has 0 radical (unpaired) electrons. The molecule has 1 aliphatic rings. The Hall–Kier alpha value is -0.840. The number of anilines is 1. The minimum atomic E-state index is 0.117. The quantitative estimate of drug-likeness (QED) is 0.793. The highest BCUT2D eigenvalue weighted by molar-refractivity contribution is 9.11. The lowest BCUT2D eigenvalue weighted by Crippen LogP contribution is -2.22. The molecule has 0 amide bonds. The van der Waals surface area contributed by atoms with Crippen molar-refractivity contribution in [1.82, 2.24) is 0 Å². The summed E-state index contributed by atoms with van der Waals surface area (Å²) in [6.45, 7) is 1.56. The van der Waals surface area contributed by atoms with Crippen molar-refractivity contribution in [3.05, 3.63) is 62.5 Å². The van der Waals surface area contributed by atoms with Crippen molar-refractivity contribution in [2.45, 2.75) is 12.5 Å². The number of hydrogen-bond donors (Lipinski definition) is 1. The van der Waals surface area contributed by atoms with Crippen LogP contribution in [0.15, 0.2) is 51.4 Å². The van der Waals surface area contributed by atoms with E-state index < -0.39 is 0 Å². The Morgan fingerprint density at radius 2 is 2.00 bits per heavy atom. The number of rotatable bonds is 3. The zero-order valence-corrected chi connectivity index (χ0v) is 14.1. The Kier molecular flexibility index (Phi) is 4.44. The molecular weight excluding hydrogens is 382 g/mol. The molecule has 1 atom stereocenters. The third-order valence-electron chi connectivity index (χ3n) is 3.50. The fraction of sp³-hybridized carbons (Fsp3) is 0.250. The number of nitrogens with one attached hydrogen (secondary N) is 1. The van der Waals surface area contributed by atoms with Gasteiger partial charge < -0.3 is 10.1 Å². The smallest absolute Gasteiger partial charge is 0.0999 e. The minimum absolute atomic E-state index is 0.117. The molecule has 1 unspecified atom stereocenters. The van der Waals surface area contributed by atoms with Crippen LogP contribution >= 0.6 is 31.9 Å². The molecule has 2 aromatic rings. The molecular formula is C16H15Br2NO. The monoisotopic (exact) mass is 395 g/mol. The van der Waals surface area contributed by atoms with Crippen LogP contribution in [0.1, 0.15) is 17.2 Å². The predicted octanol–water partition coefficient (Wildman–Crippen LogP) is 4.94. The van der Waals surface area contributed by atoms with Crippen molar-refractivity contribution < 1.29 is 4.74 Å². The Labute approximate surface area is 135 Å². The van der Waals surface area contributed by atoms with E-state index in [9.17, 15) is 0 Å². The van der Waals surface area contributed by atoms with Gasteiger partial charge in [0, 0.05) is 21.2 Å². The normalized spacial score (nSPS) is 17.6. The van der Waals surface area contributed by atoms with Crippen molar-refractivity contribution >= 4 is 37.5 Å². The van der Waals surface area contributed by atoms with E-state index >= 15 is 0 Å². The Bertz CT molecular complexity index is 615. The van der Waals surface area contributed by atoms with Crippen molar-refractivity contribution in [2.75, 3.05) is 18.5 Å². The summed E-state index contributed by atoms with van der Waals surface area (Å²) >= 11 is 7.06. The number of halogens is 2. The van der Waals surface area contributed by atoms with Gasteiger partial charge in [-0.3, -0.25) is 0 Å². The molecule has 2 aromatic carbocycles. The summed E-state index contributed by atoms with van der Waals surface area (Å²) < 4.78 is 8.03. The van der Waals surface area contributed by atoms with Gasteiger partial charge in [-0.2, -0.15) is 0 Å². The van der Waals surface area contributed by atoms with Crippen molar-refractivity contribution in [3.63, 3.8) is 0 Å². The fourth-order valence-electron chi connectivity index (χ4n) is 2.48. The summed E-state index contributed by atoms with van der Waals surface area (Å²) in [6, 6.07) is 14.6. The summed E-state index contributed by atoms with van der Waals surface area (Å²) in [5.74, 6) is 0. The first-order chi connectivity index (χ1) is 9.74. The lowest BCUT2D eigenvalue weighted by Gasteiger charge is -2.26. The van der Waals surface area contributed by atoms with Gasteiger partial charge in [-0.1, -0.05) is 40.2 Å². The highest BCUT2D eigenvalue weighted by Crippen LogP contribution is 2.30. The first kappa shape index (κ1) is 14.1. The first-order valence-electron chi connectivity index (χ1n) is 6.62. The van der Waals surface area contributed by atoms with Gasteiger partial charge in [-0.15, -0.1) is 0 Å². The van der Waals surface area contributed by atoms with E-state index in [4.69, 9.17) is 4.74 Å². The molecule has 0 aliphatic carbocycles. The second-order valence-electron chi connectivity index (χ2n) is 4.81. The summed E-state index contributed by atoms with van der Waals surface area (Å²) in [7, 11) is 0. The SMILES string of the molecule is Brc1ccc(Br)c(NCC2OCCc3ccccc32)c1. The molecule has 0 bridgehead atoms. The van der Waals surface area contributed by atoms with E-state index in [0.717, 1.165) is 34.2 Å². The molecule has 20 heavy (non-hydrogen) atoms. The van der Waals surface area contributed by atoms with Gasteiger partial charge in [0.1, 0.15) is 0 Å². The largest absolute Gasteiger partial charge is 0.381 e. The van der Waals surface area contributed by atoms with Crippen LogP contribution in [0.2, 0.25) is 0 Å². The topological polar surface area (TPSA) is 21.3 Å². The van der Waals surface area contributed by atoms with E-state index in [1.54, 1.807) is 0 Å². The zero-order valence-electron chi connectivity index (χ0n) is 10.9. The first-order valence-corrected chi connectivity index (χ1v) is 8.21. The molecule has 4 heteroatoms. The van der Waals surface area contributed by atoms with E-state index in [1.807, 2.05) is 12.1 Å². The Balaban J connectivity index is 1.75. The lowest BCUT2D eigenvalue weighted by atomic mass is 9.97. The van der Waals surface area contributed by atoms with Crippen LogP contribution < -0.4 is 5.32 Å². The summed E-state index contributed by atoms with van der Waals surface area (Å²) in [5.41, 5.74) is 3.78. The average molecular weight is 397 g/mol. The average Bonchev–Trinajstić information content (AvgIpc) is 2.48. The zero-order chi connectivity index (χ0) is 13.9. The highest BCUT2D eigenvalue weighted by atomic mass is 79.9. The van der Waals surface area contributed by atoms with E-state index in [1.165, 1.54) is 11.1 Å². The lowest BCUT2D eigenvalue weighted by molar-refractivity contribution is 0.0513. The highest BCUT2D eigenvalue weighted by Gasteiger charge is 2.20. The van der Waals surface area contributed by atoms with Gasteiger partial charge in [0.15, 0.2) is 0 Å². The summed E-state index contributed by atoms with van der Waals surface area (Å²) in [5, 5.41) is 3.46. The van der Waals surface area contributed by atoms with Crippen LogP contribution in [0.3, 0.4) is 0 Å². The van der Waals surface area contributed by atoms with Gasteiger partial charge >= 0.3 is 0 Å². The van der Waals surface area contributed by atoms with Gasteiger partial charge in [0.2, 0.25) is 0 Å². The predicted molar refractivity (Wildman–Crippen MR) is 89.2 cm³/mol. The third-order valence-corrected chi connectivity index (χ3v) is 4.68. The van der Waals surface area contributed by atoms with Gasteiger partial charge in [0.25, 0.3) is 0 Å². The molecule has 0 spiro atoms. The van der Waals surface area contributed by atoms with Crippen LogP contribution in [-0.2, 0) is 11.2 Å². The van der Waals surface area contributed by atoms with E-state index in [0.29, 0.717) is 0 Å². The van der Waals surface area contributed by atoms with Gasteiger partial charge in [-0.05, 0) is 51.7 Å². The van der Waals surface area contributed by atoms with E-state index in [-0.39, 0.29) is 6.10 Å². The molecule has 2 nitrogen and oxygen atoms in total. The molecule has 104 valence electrons. The molecule has 0 fully saturated rings. The van der Waals surface area contributed by atoms with Crippen LogP contribution in [-0.4, -0.2) is 13.2 Å². The number of benzene rings is 2. The second-order valence-corrected chi connectivity index (χ2v) is 6.58. The number of fused-ring (bicyclic) bond motifs is 1. The van der Waals surface area contributed by atoms with E-state index in [2.05, 4.69) is 67.5 Å². The molecule has 1 aliphatic heterocycles.